The van der Waals surface area contributed by atoms with E-state index in [0.29, 0.717) is 0 Å². The normalized spacial score (nSPS) is 28.7. The second kappa shape index (κ2) is 5.56. The number of methoxy groups -OCH3 is 1. The highest BCUT2D eigenvalue weighted by Crippen LogP contribution is 2.62. The first kappa shape index (κ1) is 15.6. The quantitative estimate of drug-likeness (QED) is 0.803. The van der Waals surface area contributed by atoms with Gasteiger partial charge in [0.2, 0.25) is 5.79 Å². The van der Waals surface area contributed by atoms with Gasteiger partial charge in [-0.15, -0.1) is 0 Å². The third kappa shape index (κ3) is 2.22. The number of rotatable bonds is 3. The number of hydrogen-bond acceptors (Lipinski definition) is 3. The highest BCUT2D eigenvalue weighted by atomic mass is 32.2. The SMILES string of the molecule is COC1(c2ccc(S(C)=O)cc2)OC12CCCCC2.O. The first-order valence-corrected chi connectivity index (χ1v) is 8.39. The predicted molar refractivity (Wildman–Crippen MR) is 78.0 cm³/mol. The van der Waals surface area contributed by atoms with Crippen LogP contribution in [0.5, 0.6) is 0 Å². The maximum Gasteiger partial charge on any atom is 0.225 e. The molecule has 2 atom stereocenters. The molecule has 0 radical (unpaired) electrons. The van der Waals surface area contributed by atoms with Crippen LogP contribution in [0, 0.1) is 0 Å². The van der Waals surface area contributed by atoms with Crippen molar-refractivity contribution >= 4 is 10.8 Å². The van der Waals surface area contributed by atoms with Gasteiger partial charge in [0, 0.05) is 34.6 Å². The Labute approximate surface area is 122 Å². The Morgan fingerprint density at radius 2 is 1.75 bits per heavy atom. The molecule has 2 aliphatic rings. The zero-order valence-corrected chi connectivity index (χ0v) is 12.8. The Morgan fingerprint density at radius 1 is 1.15 bits per heavy atom. The molecule has 5 heteroatoms. The topological polar surface area (TPSA) is 70.3 Å². The van der Waals surface area contributed by atoms with Crippen molar-refractivity contribution < 1.29 is 19.2 Å². The number of benzene rings is 1. The van der Waals surface area contributed by atoms with E-state index < -0.39 is 16.6 Å². The van der Waals surface area contributed by atoms with Crippen LogP contribution < -0.4 is 0 Å². The van der Waals surface area contributed by atoms with Crippen molar-refractivity contribution in [2.24, 2.45) is 0 Å². The Hall–Kier alpha value is -0.750. The van der Waals surface area contributed by atoms with E-state index in [4.69, 9.17) is 9.47 Å². The average molecular weight is 298 g/mol. The molecule has 0 aromatic heterocycles. The molecule has 2 unspecified atom stereocenters. The maximum atomic E-state index is 11.4. The van der Waals surface area contributed by atoms with E-state index in [1.807, 2.05) is 24.3 Å². The molecule has 4 nitrogen and oxygen atoms in total. The van der Waals surface area contributed by atoms with Crippen LogP contribution in [-0.2, 0) is 26.1 Å². The standard InChI is InChI=1S/C15H20O3S.H2O/c1-17-15(14(18-15)10-4-3-5-11-14)12-6-8-13(9-7-12)19(2)16;/h6-9H,3-5,10-11H2,1-2H3;1H2. The van der Waals surface area contributed by atoms with Crippen LogP contribution in [0.15, 0.2) is 29.2 Å². The van der Waals surface area contributed by atoms with Gasteiger partial charge in [0.05, 0.1) is 0 Å². The molecule has 1 heterocycles. The molecule has 1 aliphatic heterocycles. The van der Waals surface area contributed by atoms with E-state index >= 15 is 0 Å². The second-order valence-electron chi connectivity index (χ2n) is 5.46. The third-order valence-electron chi connectivity index (χ3n) is 4.41. The first-order chi connectivity index (χ1) is 9.13. The lowest BCUT2D eigenvalue weighted by molar-refractivity contribution is -0.0154. The molecular weight excluding hydrogens is 276 g/mol. The van der Waals surface area contributed by atoms with Crippen molar-refractivity contribution in [1.82, 2.24) is 0 Å². The Balaban J connectivity index is 0.00000147. The van der Waals surface area contributed by atoms with Crippen molar-refractivity contribution in [1.29, 1.82) is 0 Å². The van der Waals surface area contributed by atoms with Crippen LogP contribution in [-0.4, -0.2) is 28.7 Å². The largest absolute Gasteiger partial charge is 0.412 e. The molecule has 1 aromatic carbocycles. The molecule has 2 fully saturated rings. The van der Waals surface area contributed by atoms with Crippen LogP contribution >= 0.6 is 0 Å². The summed E-state index contributed by atoms with van der Waals surface area (Å²) in [6.45, 7) is 0. The number of hydrogen-bond donors (Lipinski definition) is 0. The summed E-state index contributed by atoms with van der Waals surface area (Å²) in [5, 5.41) is 0. The highest BCUT2D eigenvalue weighted by Gasteiger charge is 2.71. The Bertz CT molecular complexity index is 493. The molecule has 0 amide bonds. The minimum Gasteiger partial charge on any atom is -0.412 e. The molecule has 3 rings (SSSR count). The summed E-state index contributed by atoms with van der Waals surface area (Å²) >= 11 is 0. The van der Waals surface area contributed by atoms with Crippen molar-refractivity contribution in [2.75, 3.05) is 13.4 Å². The fourth-order valence-corrected chi connectivity index (χ4v) is 3.86. The van der Waals surface area contributed by atoms with E-state index in [2.05, 4.69) is 0 Å². The summed E-state index contributed by atoms with van der Waals surface area (Å²) in [6, 6.07) is 7.79. The fraction of sp³-hybridized carbons (Fsp3) is 0.600. The van der Waals surface area contributed by atoms with Gasteiger partial charge in [0.25, 0.3) is 0 Å². The van der Waals surface area contributed by atoms with Gasteiger partial charge in [-0.05, 0) is 25.0 Å². The van der Waals surface area contributed by atoms with Crippen LogP contribution in [0.4, 0.5) is 0 Å². The minimum absolute atomic E-state index is 0. The molecule has 20 heavy (non-hydrogen) atoms. The van der Waals surface area contributed by atoms with Crippen LogP contribution in [0.1, 0.15) is 37.7 Å². The molecule has 1 aromatic rings. The van der Waals surface area contributed by atoms with Gasteiger partial charge in [-0.3, -0.25) is 4.21 Å². The molecule has 1 aliphatic carbocycles. The molecule has 112 valence electrons. The summed E-state index contributed by atoms with van der Waals surface area (Å²) in [5.74, 6) is -0.568. The first-order valence-electron chi connectivity index (χ1n) is 6.83. The molecule has 1 saturated carbocycles. The van der Waals surface area contributed by atoms with E-state index in [9.17, 15) is 4.21 Å². The number of ether oxygens (including phenoxy) is 2. The van der Waals surface area contributed by atoms with Crippen molar-refractivity contribution in [3.63, 3.8) is 0 Å². The second-order valence-corrected chi connectivity index (χ2v) is 6.84. The zero-order valence-electron chi connectivity index (χ0n) is 12.0. The van der Waals surface area contributed by atoms with E-state index in [1.54, 1.807) is 13.4 Å². The van der Waals surface area contributed by atoms with Crippen molar-refractivity contribution in [3.05, 3.63) is 29.8 Å². The lowest BCUT2D eigenvalue weighted by Crippen LogP contribution is -2.28. The van der Waals surface area contributed by atoms with Gasteiger partial charge in [0.15, 0.2) is 0 Å². The lowest BCUT2D eigenvalue weighted by atomic mass is 9.82. The zero-order chi connectivity index (χ0) is 13.5. The van der Waals surface area contributed by atoms with E-state index in [0.717, 1.165) is 23.3 Å². The predicted octanol–water partition coefficient (Wildman–Crippen LogP) is 2.13. The summed E-state index contributed by atoms with van der Waals surface area (Å²) in [5.41, 5.74) is 0.929. The van der Waals surface area contributed by atoms with Crippen LogP contribution in [0.3, 0.4) is 0 Å². The molecule has 2 N–H and O–H groups in total. The smallest absolute Gasteiger partial charge is 0.225 e. The van der Waals surface area contributed by atoms with Crippen molar-refractivity contribution in [2.45, 2.75) is 48.4 Å². The van der Waals surface area contributed by atoms with Gasteiger partial charge in [-0.25, -0.2) is 0 Å². The number of epoxide rings is 1. The molecule has 1 saturated heterocycles. The maximum absolute atomic E-state index is 11.4. The monoisotopic (exact) mass is 298 g/mol. The molecule has 0 bridgehead atoms. The average Bonchev–Trinajstić information content (AvgIpc) is 3.07. The third-order valence-corrected chi connectivity index (χ3v) is 5.35. The van der Waals surface area contributed by atoms with Crippen LogP contribution in [0.25, 0.3) is 0 Å². The lowest BCUT2D eigenvalue weighted by Gasteiger charge is -2.23. The fourth-order valence-electron chi connectivity index (χ4n) is 3.34. The molecule has 1 spiro atoms. The van der Waals surface area contributed by atoms with Gasteiger partial charge in [-0.2, -0.15) is 0 Å². The summed E-state index contributed by atoms with van der Waals surface area (Å²) in [6.07, 6.45) is 7.55. The Kier molecular flexibility index (Phi) is 4.35. The highest BCUT2D eigenvalue weighted by molar-refractivity contribution is 7.84. The summed E-state index contributed by atoms with van der Waals surface area (Å²) in [4.78, 5) is 0.841. The minimum atomic E-state index is -0.940. The van der Waals surface area contributed by atoms with Gasteiger partial charge in [0.1, 0.15) is 5.60 Å². The molecular formula is C15H22O4S. The van der Waals surface area contributed by atoms with Gasteiger partial charge >= 0.3 is 0 Å². The summed E-state index contributed by atoms with van der Waals surface area (Å²) in [7, 11) is 0.777. The van der Waals surface area contributed by atoms with E-state index in [-0.39, 0.29) is 11.1 Å². The van der Waals surface area contributed by atoms with Crippen molar-refractivity contribution in [3.8, 4) is 0 Å². The summed E-state index contributed by atoms with van der Waals surface area (Å²) < 4.78 is 23.2. The van der Waals surface area contributed by atoms with Crippen LogP contribution in [0.2, 0.25) is 0 Å². The van der Waals surface area contributed by atoms with Gasteiger partial charge in [-0.1, -0.05) is 31.4 Å². The van der Waals surface area contributed by atoms with E-state index in [1.165, 1.54) is 19.3 Å². The van der Waals surface area contributed by atoms with Gasteiger partial charge < -0.3 is 14.9 Å². The Morgan fingerprint density at radius 3 is 2.25 bits per heavy atom.